The molecule has 2 unspecified atom stereocenters. The number of rotatable bonds is 3. The normalized spacial score (nSPS) is 26.5. The summed E-state index contributed by atoms with van der Waals surface area (Å²) < 4.78 is 2.22. The average Bonchev–Trinajstić information content (AvgIpc) is 3.18. The van der Waals surface area contributed by atoms with Crippen LogP contribution in [-0.4, -0.2) is 23.0 Å². The van der Waals surface area contributed by atoms with E-state index in [1.54, 1.807) is 0 Å². The lowest BCUT2D eigenvalue weighted by molar-refractivity contribution is 0.334. The van der Waals surface area contributed by atoms with Crippen LogP contribution in [0.25, 0.3) is 5.69 Å². The van der Waals surface area contributed by atoms with E-state index in [2.05, 4.69) is 83.7 Å². The summed E-state index contributed by atoms with van der Waals surface area (Å²) in [6.07, 6.45) is 11.8. The fourth-order valence-corrected chi connectivity index (χ4v) is 3.67. The maximum Gasteiger partial charge on any atom is 0.136 e. The Morgan fingerprint density at radius 1 is 1.17 bits per heavy atom. The van der Waals surface area contributed by atoms with Crippen LogP contribution < -0.4 is 5.32 Å². The van der Waals surface area contributed by atoms with Crippen LogP contribution in [0.5, 0.6) is 0 Å². The van der Waals surface area contributed by atoms with Gasteiger partial charge in [0.25, 0.3) is 0 Å². The van der Waals surface area contributed by atoms with Gasteiger partial charge in [-0.2, -0.15) is 0 Å². The third-order valence-corrected chi connectivity index (χ3v) is 4.92. The molecule has 0 radical (unpaired) electrons. The molecule has 1 N–H and O–H groups in total. The fraction of sp³-hybridized carbons (Fsp3) is 0.250. The van der Waals surface area contributed by atoms with Crippen molar-refractivity contribution in [1.29, 1.82) is 0 Å². The second kappa shape index (κ2) is 5.36. The van der Waals surface area contributed by atoms with E-state index in [1.165, 1.54) is 16.9 Å². The maximum atomic E-state index is 5.24. The second-order valence-corrected chi connectivity index (χ2v) is 6.08. The SMILES string of the molecule is CCC1C=CC=CC1(N=C1c2ccccc2-n2cccc21)NC. The smallest absolute Gasteiger partial charge is 0.136 e. The van der Waals surface area contributed by atoms with Gasteiger partial charge in [0, 0.05) is 17.7 Å². The van der Waals surface area contributed by atoms with Gasteiger partial charge in [-0.15, -0.1) is 0 Å². The molecule has 0 spiro atoms. The molecule has 0 amide bonds. The first-order valence-corrected chi connectivity index (χ1v) is 8.21. The van der Waals surface area contributed by atoms with Crippen molar-refractivity contribution in [3.8, 4) is 5.69 Å². The molecular weight excluding hydrogens is 282 g/mol. The molecule has 23 heavy (non-hydrogen) atoms. The lowest BCUT2D eigenvalue weighted by atomic mass is 9.86. The molecule has 1 aromatic heterocycles. The number of likely N-dealkylation sites (N-methyl/N-ethyl adjacent to an activating group) is 1. The Morgan fingerprint density at radius 3 is 2.87 bits per heavy atom. The number of allylic oxidation sites excluding steroid dienone is 2. The van der Waals surface area contributed by atoms with Gasteiger partial charge in [0.1, 0.15) is 5.66 Å². The topological polar surface area (TPSA) is 29.3 Å². The fourth-order valence-electron chi connectivity index (χ4n) is 3.67. The number of nitrogens with one attached hydrogen (secondary N) is 1. The van der Waals surface area contributed by atoms with Crippen molar-refractivity contribution in [2.24, 2.45) is 10.9 Å². The molecule has 4 rings (SSSR count). The molecule has 1 aliphatic carbocycles. The Kier molecular flexibility index (Phi) is 3.31. The van der Waals surface area contributed by atoms with Gasteiger partial charge in [0.05, 0.1) is 17.1 Å². The van der Waals surface area contributed by atoms with Crippen molar-refractivity contribution in [3.05, 3.63) is 78.2 Å². The minimum atomic E-state index is -0.384. The van der Waals surface area contributed by atoms with Crippen LogP contribution in [0.1, 0.15) is 24.6 Å². The minimum Gasteiger partial charge on any atom is -0.314 e. The van der Waals surface area contributed by atoms with Crippen molar-refractivity contribution in [2.75, 3.05) is 7.05 Å². The predicted octanol–water partition coefficient (Wildman–Crippen LogP) is 3.70. The summed E-state index contributed by atoms with van der Waals surface area (Å²) >= 11 is 0. The Balaban J connectivity index is 1.91. The molecule has 3 heteroatoms. The molecule has 0 bridgehead atoms. The van der Waals surface area contributed by atoms with E-state index in [9.17, 15) is 0 Å². The van der Waals surface area contributed by atoms with Crippen LogP contribution in [0.15, 0.2) is 71.9 Å². The van der Waals surface area contributed by atoms with Crippen LogP contribution in [0.4, 0.5) is 0 Å². The summed E-state index contributed by atoms with van der Waals surface area (Å²) in [4.78, 5) is 5.24. The number of aliphatic imine (C=N–C) groups is 1. The number of aromatic nitrogens is 1. The summed E-state index contributed by atoms with van der Waals surface area (Å²) in [6.45, 7) is 2.21. The first kappa shape index (κ1) is 14.2. The monoisotopic (exact) mass is 303 g/mol. The Labute approximate surface area is 137 Å². The zero-order valence-corrected chi connectivity index (χ0v) is 13.5. The van der Waals surface area contributed by atoms with E-state index in [0.717, 1.165) is 12.1 Å². The van der Waals surface area contributed by atoms with Crippen molar-refractivity contribution < 1.29 is 0 Å². The van der Waals surface area contributed by atoms with Gasteiger partial charge in [0.15, 0.2) is 0 Å². The van der Waals surface area contributed by atoms with Crippen LogP contribution >= 0.6 is 0 Å². The Bertz CT molecular complexity index is 825. The molecule has 2 aliphatic rings. The summed E-state index contributed by atoms with van der Waals surface area (Å²) in [5.74, 6) is 0.348. The van der Waals surface area contributed by atoms with E-state index in [-0.39, 0.29) is 5.66 Å². The highest BCUT2D eigenvalue weighted by molar-refractivity contribution is 6.17. The summed E-state index contributed by atoms with van der Waals surface area (Å²) in [6, 6.07) is 12.7. The van der Waals surface area contributed by atoms with E-state index in [1.807, 2.05) is 7.05 Å². The van der Waals surface area contributed by atoms with Gasteiger partial charge in [0.2, 0.25) is 0 Å². The molecule has 2 aromatic rings. The largest absolute Gasteiger partial charge is 0.314 e. The van der Waals surface area contributed by atoms with Gasteiger partial charge in [-0.1, -0.05) is 43.4 Å². The van der Waals surface area contributed by atoms with Gasteiger partial charge >= 0.3 is 0 Å². The number of para-hydroxylation sites is 1. The predicted molar refractivity (Wildman–Crippen MR) is 95.3 cm³/mol. The number of nitrogens with zero attached hydrogens (tertiary/aromatic N) is 2. The molecule has 3 nitrogen and oxygen atoms in total. The molecule has 0 fully saturated rings. The zero-order chi connectivity index (χ0) is 15.9. The highest BCUT2D eigenvalue weighted by Gasteiger charge is 2.36. The quantitative estimate of drug-likeness (QED) is 0.785. The van der Waals surface area contributed by atoms with Crippen LogP contribution in [0, 0.1) is 5.92 Å². The second-order valence-electron chi connectivity index (χ2n) is 6.08. The third-order valence-electron chi connectivity index (χ3n) is 4.92. The van der Waals surface area contributed by atoms with Gasteiger partial charge in [-0.3, -0.25) is 10.3 Å². The van der Waals surface area contributed by atoms with Crippen molar-refractivity contribution in [2.45, 2.75) is 19.0 Å². The number of fused-ring (bicyclic) bond motifs is 3. The van der Waals surface area contributed by atoms with Crippen molar-refractivity contribution >= 4 is 5.71 Å². The van der Waals surface area contributed by atoms with Crippen LogP contribution in [-0.2, 0) is 0 Å². The standard InChI is InChI=1S/C20H21N3/c1-3-15-9-6-7-13-20(15,21-2)22-19-16-10-4-5-11-17(16)23-14-8-12-18(19)23/h4-15,21H,3H2,1-2H3. The number of benzene rings is 1. The molecule has 2 atom stereocenters. The van der Waals surface area contributed by atoms with Gasteiger partial charge < -0.3 is 4.57 Å². The summed E-state index contributed by atoms with van der Waals surface area (Å²) in [5, 5.41) is 3.46. The molecule has 1 aromatic carbocycles. The summed E-state index contributed by atoms with van der Waals surface area (Å²) in [5.41, 5.74) is 4.26. The highest BCUT2D eigenvalue weighted by atomic mass is 15.1. The van der Waals surface area contributed by atoms with Crippen LogP contribution in [0.3, 0.4) is 0 Å². The maximum absolute atomic E-state index is 5.24. The first-order chi connectivity index (χ1) is 11.3. The van der Waals surface area contributed by atoms with Crippen molar-refractivity contribution in [3.63, 3.8) is 0 Å². The van der Waals surface area contributed by atoms with E-state index in [4.69, 9.17) is 4.99 Å². The lowest BCUT2D eigenvalue weighted by Crippen LogP contribution is -2.47. The first-order valence-electron chi connectivity index (χ1n) is 8.21. The van der Waals surface area contributed by atoms with Crippen molar-refractivity contribution in [1.82, 2.24) is 9.88 Å². The third kappa shape index (κ3) is 2.04. The number of hydrogen-bond acceptors (Lipinski definition) is 2. The molecule has 1 aliphatic heterocycles. The van der Waals surface area contributed by atoms with E-state index < -0.39 is 0 Å². The average molecular weight is 303 g/mol. The molecule has 2 heterocycles. The number of hydrogen-bond donors (Lipinski definition) is 1. The summed E-state index contributed by atoms with van der Waals surface area (Å²) in [7, 11) is 2.00. The highest BCUT2D eigenvalue weighted by Crippen LogP contribution is 2.34. The van der Waals surface area contributed by atoms with Crippen LogP contribution in [0.2, 0.25) is 0 Å². The Hall–Kier alpha value is -2.39. The van der Waals surface area contributed by atoms with Gasteiger partial charge in [-0.05, 0) is 37.7 Å². The Morgan fingerprint density at radius 2 is 2.04 bits per heavy atom. The zero-order valence-electron chi connectivity index (χ0n) is 13.5. The molecular formula is C20H21N3. The molecule has 0 saturated heterocycles. The lowest BCUT2D eigenvalue weighted by Gasteiger charge is -2.35. The molecule has 0 saturated carbocycles. The van der Waals surface area contributed by atoms with E-state index in [0.29, 0.717) is 5.92 Å². The minimum absolute atomic E-state index is 0.348. The van der Waals surface area contributed by atoms with Gasteiger partial charge in [-0.25, -0.2) is 0 Å². The van der Waals surface area contributed by atoms with E-state index >= 15 is 0 Å². The molecule has 116 valence electrons.